The summed E-state index contributed by atoms with van der Waals surface area (Å²) in [5, 5.41) is 7.92. The molecule has 1 heterocycles. The van der Waals surface area contributed by atoms with Crippen molar-refractivity contribution in [3.63, 3.8) is 0 Å². The lowest BCUT2D eigenvalue weighted by molar-refractivity contribution is 0.119. The van der Waals surface area contributed by atoms with Gasteiger partial charge in [-0.2, -0.15) is 11.8 Å². The number of hydrogen-bond acceptors (Lipinski definition) is 4. The molecule has 2 N–H and O–H groups in total. The molecule has 134 valence electrons. The van der Waals surface area contributed by atoms with Gasteiger partial charge in [0.2, 0.25) is 0 Å². The lowest BCUT2D eigenvalue weighted by Crippen LogP contribution is -2.52. The van der Waals surface area contributed by atoms with Crippen molar-refractivity contribution < 1.29 is 0 Å². The van der Waals surface area contributed by atoms with Gasteiger partial charge in [-0.05, 0) is 46.5 Å². The average Bonchev–Trinajstić information content (AvgIpc) is 2.56. The molecule has 3 unspecified atom stereocenters. The molecule has 2 aliphatic rings. The van der Waals surface area contributed by atoms with Crippen molar-refractivity contribution in [2.75, 3.05) is 53.1 Å². The summed E-state index contributed by atoms with van der Waals surface area (Å²) >= 11 is 2.01. The van der Waals surface area contributed by atoms with E-state index in [1.54, 1.807) is 0 Å². The molecule has 0 aromatic carbocycles. The Kier molecular flexibility index (Phi) is 7.99. The van der Waals surface area contributed by atoms with E-state index in [1.807, 2.05) is 11.8 Å². The summed E-state index contributed by atoms with van der Waals surface area (Å²) in [5.41, 5.74) is 0. The van der Waals surface area contributed by atoms with Crippen LogP contribution in [0.1, 0.15) is 32.6 Å². The summed E-state index contributed by atoms with van der Waals surface area (Å²) in [6.07, 6.45) is 7.47. The van der Waals surface area contributed by atoms with Crippen LogP contribution in [-0.2, 0) is 0 Å². The van der Waals surface area contributed by atoms with Crippen LogP contribution < -0.4 is 10.6 Å². The van der Waals surface area contributed by atoms with Gasteiger partial charge in [-0.3, -0.25) is 9.89 Å². The second-order valence-electron chi connectivity index (χ2n) is 6.98. The van der Waals surface area contributed by atoms with Gasteiger partial charge in [-0.25, -0.2) is 0 Å². The molecule has 1 saturated heterocycles. The first-order valence-corrected chi connectivity index (χ1v) is 10.4. The standard InChI is InChI=1S/C17H35N5S/c1-5-18-17(20-14-7-6-8-16(11-14)23-4)19-12-15-13-21(2)9-10-22(15)3/h14-16H,5-13H2,1-4H3,(H2,18,19,20). The van der Waals surface area contributed by atoms with Crippen molar-refractivity contribution in [1.82, 2.24) is 20.4 Å². The molecule has 0 radical (unpaired) electrons. The van der Waals surface area contributed by atoms with E-state index >= 15 is 0 Å². The summed E-state index contributed by atoms with van der Waals surface area (Å²) in [4.78, 5) is 9.74. The number of piperazine rings is 1. The van der Waals surface area contributed by atoms with Crippen LogP contribution in [0.5, 0.6) is 0 Å². The Bertz CT molecular complexity index is 376. The average molecular weight is 342 g/mol. The highest BCUT2D eigenvalue weighted by Crippen LogP contribution is 2.26. The Hall–Kier alpha value is -0.460. The molecule has 1 aliphatic heterocycles. The Balaban J connectivity index is 1.88. The molecular weight excluding hydrogens is 306 g/mol. The largest absolute Gasteiger partial charge is 0.357 e. The fourth-order valence-corrected chi connectivity index (χ4v) is 4.33. The zero-order chi connectivity index (χ0) is 16.7. The summed E-state index contributed by atoms with van der Waals surface area (Å²) < 4.78 is 0. The maximum absolute atomic E-state index is 4.89. The summed E-state index contributed by atoms with van der Waals surface area (Å²) in [7, 11) is 4.43. The quantitative estimate of drug-likeness (QED) is 0.585. The third-order valence-electron chi connectivity index (χ3n) is 5.08. The molecule has 0 amide bonds. The van der Waals surface area contributed by atoms with E-state index in [0.717, 1.165) is 43.9 Å². The second-order valence-corrected chi connectivity index (χ2v) is 8.12. The van der Waals surface area contributed by atoms with Gasteiger partial charge in [-0.15, -0.1) is 0 Å². The first-order chi connectivity index (χ1) is 11.1. The van der Waals surface area contributed by atoms with Gasteiger partial charge in [-0.1, -0.05) is 6.42 Å². The first kappa shape index (κ1) is 18.9. The smallest absolute Gasteiger partial charge is 0.191 e. The van der Waals surface area contributed by atoms with Crippen molar-refractivity contribution in [3.05, 3.63) is 0 Å². The Morgan fingerprint density at radius 3 is 2.83 bits per heavy atom. The zero-order valence-electron chi connectivity index (χ0n) is 15.3. The highest BCUT2D eigenvalue weighted by molar-refractivity contribution is 7.99. The van der Waals surface area contributed by atoms with Gasteiger partial charge >= 0.3 is 0 Å². The van der Waals surface area contributed by atoms with Crippen LogP contribution in [0.15, 0.2) is 4.99 Å². The van der Waals surface area contributed by atoms with Crippen molar-refractivity contribution in [1.29, 1.82) is 0 Å². The van der Waals surface area contributed by atoms with E-state index in [9.17, 15) is 0 Å². The van der Waals surface area contributed by atoms with Gasteiger partial charge in [0.05, 0.1) is 6.54 Å². The number of rotatable bonds is 5. The van der Waals surface area contributed by atoms with E-state index in [1.165, 1.54) is 25.7 Å². The summed E-state index contributed by atoms with van der Waals surface area (Å²) in [6, 6.07) is 1.10. The number of hydrogen-bond donors (Lipinski definition) is 2. The maximum Gasteiger partial charge on any atom is 0.191 e. The topological polar surface area (TPSA) is 42.9 Å². The molecule has 0 spiro atoms. The van der Waals surface area contributed by atoms with Crippen LogP contribution in [0.4, 0.5) is 0 Å². The summed E-state index contributed by atoms with van der Waals surface area (Å²) in [5.74, 6) is 1.00. The third-order valence-corrected chi connectivity index (χ3v) is 6.18. The van der Waals surface area contributed by atoms with Crippen molar-refractivity contribution in [3.8, 4) is 0 Å². The van der Waals surface area contributed by atoms with Gasteiger partial charge in [0.25, 0.3) is 0 Å². The SMILES string of the molecule is CCNC(=NCC1CN(C)CCN1C)NC1CCCC(SC)C1. The van der Waals surface area contributed by atoms with Crippen molar-refractivity contribution >= 4 is 17.7 Å². The molecule has 0 aromatic heterocycles. The van der Waals surface area contributed by atoms with E-state index in [0.29, 0.717) is 12.1 Å². The maximum atomic E-state index is 4.89. The van der Waals surface area contributed by atoms with E-state index in [4.69, 9.17) is 4.99 Å². The number of nitrogens with one attached hydrogen (secondary N) is 2. The molecule has 1 aliphatic carbocycles. The third kappa shape index (κ3) is 6.16. The number of aliphatic imine (C=N–C) groups is 1. The molecule has 0 bridgehead atoms. The molecule has 23 heavy (non-hydrogen) atoms. The predicted octanol–water partition coefficient (Wildman–Crippen LogP) is 1.46. The highest BCUT2D eigenvalue weighted by Gasteiger charge is 2.23. The molecular formula is C17H35N5S. The minimum atomic E-state index is 0.523. The Morgan fingerprint density at radius 2 is 2.09 bits per heavy atom. The van der Waals surface area contributed by atoms with Gasteiger partial charge in [0.1, 0.15) is 0 Å². The fraction of sp³-hybridized carbons (Fsp3) is 0.941. The van der Waals surface area contributed by atoms with Crippen LogP contribution in [0, 0.1) is 0 Å². The predicted molar refractivity (Wildman–Crippen MR) is 103 cm³/mol. The normalized spacial score (nSPS) is 31.1. The molecule has 0 aromatic rings. The van der Waals surface area contributed by atoms with Crippen LogP contribution in [0.25, 0.3) is 0 Å². The van der Waals surface area contributed by atoms with Gasteiger partial charge < -0.3 is 15.5 Å². The monoisotopic (exact) mass is 341 g/mol. The molecule has 2 rings (SSSR count). The number of thioether (sulfide) groups is 1. The van der Waals surface area contributed by atoms with Crippen LogP contribution in [-0.4, -0.2) is 86.2 Å². The Labute approximate surface area is 146 Å². The lowest BCUT2D eigenvalue weighted by atomic mass is 9.95. The van der Waals surface area contributed by atoms with Gasteiger partial charge in [0, 0.05) is 43.5 Å². The minimum Gasteiger partial charge on any atom is -0.357 e. The van der Waals surface area contributed by atoms with E-state index in [-0.39, 0.29) is 0 Å². The molecule has 1 saturated carbocycles. The first-order valence-electron chi connectivity index (χ1n) is 9.08. The molecule has 5 nitrogen and oxygen atoms in total. The number of nitrogens with zero attached hydrogens (tertiary/aromatic N) is 3. The van der Waals surface area contributed by atoms with Crippen molar-refractivity contribution in [2.45, 2.75) is 49.9 Å². The van der Waals surface area contributed by atoms with Crippen LogP contribution in [0.2, 0.25) is 0 Å². The highest BCUT2D eigenvalue weighted by atomic mass is 32.2. The van der Waals surface area contributed by atoms with Crippen LogP contribution in [0.3, 0.4) is 0 Å². The second kappa shape index (κ2) is 9.74. The molecule has 6 heteroatoms. The van der Waals surface area contributed by atoms with Crippen LogP contribution >= 0.6 is 11.8 Å². The van der Waals surface area contributed by atoms with E-state index in [2.05, 4.69) is 47.7 Å². The van der Waals surface area contributed by atoms with Crippen molar-refractivity contribution in [2.24, 2.45) is 4.99 Å². The van der Waals surface area contributed by atoms with Gasteiger partial charge in [0.15, 0.2) is 5.96 Å². The number of likely N-dealkylation sites (N-methyl/N-ethyl adjacent to an activating group) is 2. The van der Waals surface area contributed by atoms with E-state index < -0.39 is 0 Å². The fourth-order valence-electron chi connectivity index (χ4n) is 3.50. The zero-order valence-corrected chi connectivity index (χ0v) is 16.2. The summed E-state index contributed by atoms with van der Waals surface area (Å²) in [6.45, 7) is 7.34. The molecule has 2 fully saturated rings. The number of guanidine groups is 1. The Morgan fingerprint density at radius 1 is 1.26 bits per heavy atom. The molecule has 3 atom stereocenters. The lowest BCUT2D eigenvalue weighted by Gasteiger charge is -2.37. The minimum absolute atomic E-state index is 0.523.